The molecule has 1 aromatic carbocycles. The highest BCUT2D eigenvalue weighted by atomic mass is 16.5. The lowest BCUT2D eigenvalue weighted by Gasteiger charge is -2.12. The number of aromatic nitrogens is 4. The number of anilines is 2. The van der Waals surface area contributed by atoms with Crippen molar-refractivity contribution in [3.05, 3.63) is 24.4 Å². The van der Waals surface area contributed by atoms with Crippen molar-refractivity contribution in [3.63, 3.8) is 0 Å². The van der Waals surface area contributed by atoms with Crippen LogP contribution < -0.4 is 26.5 Å². The second-order valence-electron chi connectivity index (χ2n) is 5.04. The summed E-state index contributed by atoms with van der Waals surface area (Å²) in [5.74, 6) is 6.57. The maximum Gasteiger partial charge on any atom is 0.319 e. The number of hydrazine groups is 1. The molecule has 0 amide bonds. The van der Waals surface area contributed by atoms with Gasteiger partial charge in [0.15, 0.2) is 5.82 Å². The number of nitrogen functional groups attached to an aromatic ring is 2. The van der Waals surface area contributed by atoms with Crippen LogP contribution >= 0.6 is 0 Å². The molecule has 0 spiro atoms. The average Bonchev–Trinajstić information content (AvgIpc) is 2.61. The second kappa shape index (κ2) is 7.14. The van der Waals surface area contributed by atoms with Crippen LogP contribution in [0.1, 0.15) is 13.8 Å². The van der Waals surface area contributed by atoms with E-state index in [1.165, 1.54) is 0 Å². The van der Waals surface area contributed by atoms with Crippen LogP contribution in [0.2, 0.25) is 0 Å². The molecule has 0 fully saturated rings. The van der Waals surface area contributed by atoms with Crippen molar-refractivity contribution in [3.8, 4) is 23.0 Å². The number of benzene rings is 1. The molecule has 3 aromatic rings. The van der Waals surface area contributed by atoms with E-state index in [0.717, 1.165) is 16.5 Å². The van der Waals surface area contributed by atoms with Crippen molar-refractivity contribution >= 4 is 22.7 Å². The van der Waals surface area contributed by atoms with Gasteiger partial charge in [-0.25, -0.2) is 15.8 Å². The molecular weight excluding hydrogens is 322 g/mol. The Hall–Kier alpha value is -3.20. The fourth-order valence-electron chi connectivity index (χ4n) is 2.42. The van der Waals surface area contributed by atoms with E-state index in [9.17, 15) is 0 Å². The molecule has 0 aliphatic carbocycles. The minimum Gasteiger partial charge on any atom is -0.477 e. The fraction of sp³-hybridized carbons (Fsp3) is 0.250. The molecule has 2 aromatic heterocycles. The van der Waals surface area contributed by atoms with Crippen molar-refractivity contribution in [2.75, 3.05) is 24.4 Å². The maximum absolute atomic E-state index is 5.69. The van der Waals surface area contributed by atoms with Gasteiger partial charge in [-0.2, -0.15) is 9.97 Å². The van der Waals surface area contributed by atoms with E-state index in [2.05, 4.69) is 25.4 Å². The van der Waals surface area contributed by atoms with E-state index in [4.69, 9.17) is 21.1 Å². The van der Waals surface area contributed by atoms with Gasteiger partial charge in [0.25, 0.3) is 0 Å². The molecule has 25 heavy (non-hydrogen) atoms. The van der Waals surface area contributed by atoms with Crippen LogP contribution in [0.3, 0.4) is 0 Å². The van der Waals surface area contributed by atoms with Crippen LogP contribution in [0.5, 0.6) is 11.9 Å². The predicted molar refractivity (Wildman–Crippen MR) is 95.1 cm³/mol. The van der Waals surface area contributed by atoms with Gasteiger partial charge in [-0.05, 0) is 31.5 Å². The monoisotopic (exact) mass is 341 g/mol. The molecule has 0 bridgehead atoms. The topological polar surface area (TPSA) is 134 Å². The Morgan fingerprint density at radius 1 is 1.08 bits per heavy atom. The Labute approximate surface area is 144 Å². The summed E-state index contributed by atoms with van der Waals surface area (Å²) in [4.78, 5) is 16.8. The third kappa shape index (κ3) is 3.36. The summed E-state index contributed by atoms with van der Waals surface area (Å²) in [5.41, 5.74) is 10.5. The van der Waals surface area contributed by atoms with E-state index >= 15 is 0 Å². The minimum absolute atomic E-state index is 0.146. The first kappa shape index (κ1) is 16.7. The fourth-order valence-corrected chi connectivity index (χ4v) is 2.42. The summed E-state index contributed by atoms with van der Waals surface area (Å²) in [6, 6.07) is 5.87. The van der Waals surface area contributed by atoms with E-state index in [1.54, 1.807) is 6.20 Å². The first-order valence-electron chi connectivity index (χ1n) is 7.83. The number of nitrogens with zero attached hydrogens (tertiary/aromatic N) is 4. The van der Waals surface area contributed by atoms with E-state index in [1.807, 2.05) is 32.0 Å². The van der Waals surface area contributed by atoms with Gasteiger partial charge in [-0.3, -0.25) is 0 Å². The molecular formula is C16H19N7O2. The molecule has 0 unspecified atom stereocenters. The largest absolute Gasteiger partial charge is 0.477 e. The van der Waals surface area contributed by atoms with Crippen molar-refractivity contribution in [1.82, 2.24) is 19.9 Å². The van der Waals surface area contributed by atoms with Gasteiger partial charge in [0, 0.05) is 11.6 Å². The predicted octanol–water partition coefficient (Wildman–Crippen LogP) is 1.75. The number of hydrogen-bond acceptors (Lipinski definition) is 9. The molecule has 0 atom stereocenters. The lowest BCUT2D eigenvalue weighted by atomic mass is 10.1. The summed E-state index contributed by atoms with van der Waals surface area (Å²) in [7, 11) is 0. The third-order valence-corrected chi connectivity index (χ3v) is 3.45. The Morgan fingerprint density at radius 3 is 2.60 bits per heavy atom. The number of hydrogen-bond donors (Lipinski definition) is 3. The van der Waals surface area contributed by atoms with Gasteiger partial charge in [-0.1, -0.05) is 6.07 Å². The van der Waals surface area contributed by atoms with Gasteiger partial charge in [0.05, 0.1) is 24.3 Å². The number of ether oxygens (including phenoxy) is 2. The summed E-state index contributed by atoms with van der Waals surface area (Å²) in [5, 5.41) is 0.727. The molecule has 9 heteroatoms. The lowest BCUT2D eigenvalue weighted by Crippen LogP contribution is -2.11. The maximum atomic E-state index is 5.69. The van der Waals surface area contributed by atoms with Crippen molar-refractivity contribution in [1.29, 1.82) is 0 Å². The highest BCUT2D eigenvalue weighted by Gasteiger charge is 2.14. The molecule has 0 saturated carbocycles. The molecule has 0 radical (unpaired) electrons. The Morgan fingerprint density at radius 2 is 1.88 bits per heavy atom. The first-order chi connectivity index (χ1) is 12.2. The zero-order chi connectivity index (χ0) is 17.8. The van der Waals surface area contributed by atoms with E-state index in [-0.39, 0.29) is 12.0 Å². The summed E-state index contributed by atoms with van der Waals surface area (Å²) >= 11 is 0. The molecule has 0 aliphatic heterocycles. The smallest absolute Gasteiger partial charge is 0.319 e. The third-order valence-electron chi connectivity index (χ3n) is 3.45. The molecule has 3 rings (SSSR count). The van der Waals surface area contributed by atoms with E-state index < -0.39 is 0 Å². The Bertz CT molecular complexity index is 901. The number of nitrogens with one attached hydrogen (secondary N) is 1. The van der Waals surface area contributed by atoms with Gasteiger partial charge < -0.3 is 20.6 Å². The van der Waals surface area contributed by atoms with Crippen molar-refractivity contribution in [2.45, 2.75) is 13.8 Å². The number of fused-ring (bicyclic) bond motifs is 1. The molecule has 130 valence electrons. The number of rotatable bonds is 6. The summed E-state index contributed by atoms with van der Waals surface area (Å²) in [6.07, 6.45) is 1.66. The summed E-state index contributed by atoms with van der Waals surface area (Å²) in [6.45, 7) is 4.71. The molecule has 0 saturated heterocycles. The Kier molecular flexibility index (Phi) is 4.75. The van der Waals surface area contributed by atoms with Crippen LogP contribution in [0.4, 0.5) is 11.8 Å². The first-order valence-corrected chi connectivity index (χ1v) is 7.83. The lowest BCUT2D eigenvalue weighted by molar-refractivity contribution is 0.290. The molecule has 2 heterocycles. The molecule has 9 nitrogen and oxygen atoms in total. The highest BCUT2D eigenvalue weighted by Crippen LogP contribution is 2.32. The van der Waals surface area contributed by atoms with Crippen LogP contribution in [-0.2, 0) is 0 Å². The summed E-state index contributed by atoms with van der Waals surface area (Å²) < 4.78 is 11.0. The van der Waals surface area contributed by atoms with E-state index in [0.29, 0.717) is 30.4 Å². The molecule has 5 N–H and O–H groups in total. The van der Waals surface area contributed by atoms with Crippen molar-refractivity contribution in [2.24, 2.45) is 5.84 Å². The van der Waals surface area contributed by atoms with Crippen LogP contribution in [0, 0.1) is 0 Å². The quantitative estimate of drug-likeness (QED) is 0.452. The second-order valence-corrected chi connectivity index (χ2v) is 5.04. The van der Waals surface area contributed by atoms with Crippen LogP contribution in [0.15, 0.2) is 24.4 Å². The zero-order valence-electron chi connectivity index (χ0n) is 14.0. The van der Waals surface area contributed by atoms with Gasteiger partial charge in [0.2, 0.25) is 11.8 Å². The van der Waals surface area contributed by atoms with Gasteiger partial charge in [0.1, 0.15) is 0 Å². The minimum atomic E-state index is 0.146. The van der Waals surface area contributed by atoms with Gasteiger partial charge >= 0.3 is 6.01 Å². The van der Waals surface area contributed by atoms with Crippen molar-refractivity contribution < 1.29 is 9.47 Å². The van der Waals surface area contributed by atoms with Crippen LogP contribution in [-0.4, -0.2) is 33.1 Å². The highest BCUT2D eigenvalue weighted by molar-refractivity contribution is 5.93. The Balaban J connectivity index is 2.13. The standard InChI is InChI=1S/C16H19N7O2/c1-3-24-14-11(8-19-16(22-14)25-4-2)9-5-6-12-10(7-9)13(23-18)21-15(17)20-12/h5-8H,3-4,18H2,1-2H3,(H3,17,20,21,23). The van der Waals surface area contributed by atoms with Gasteiger partial charge in [-0.15, -0.1) is 0 Å². The van der Waals surface area contributed by atoms with Crippen LogP contribution in [0.25, 0.3) is 22.0 Å². The normalized spacial score (nSPS) is 10.7. The zero-order valence-corrected chi connectivity index (χ0v) is 14.0. The SMILES string of the molecule is CCOc1ncc(-c2ccc3nc(N)nc(NN)c3c2)c(OCC)n1. The number of nitrogens with two attached hydrogens (primary N) is 2. The molecule has 0 aliphatic rings. The average molecular weight is 341 g/mol.